The van der Waals surface area contributed by atoms with Crippen molar-refractivity contribution in [2.45, 2.75) is 52.1 Å². The van der Waals surface area contributed by atoms with E-state index in [0.717, 1.165) is 24.1 Å². The van der Waals surface area contributed by atoms with Crippen molar-refractivity contribution in [3.05, 3.63) is 57.4 Å². The van der Waals surface area contributed by atoms with Crippen molar-refractivity contribution >= 4 is 0 Å². The molecule has 0 unspecified atom stereocenters. The molecule has 0 saturated heterocycles. The topological polar surface area (TPSA) is 48.0 Å². The van der Waals surface area contributed by atoms with Gasteiger partial charge in [0.2, 0.25) is 0 Å². The second kappa shape index (κ2) is 5.10. The van der Waals surface area contributed by atoms with Gasteiger partial charge in [-0.1, -0.05) is 17.7 Å². The van der Waals surface area contributed by atoms with Crippen LogP contribution in [0.3, 0.4) is 0 Å². The maximum Gasteiger partial charge on any atom is 0.256 e. The van der Waals surface area contributed by atoms with Crippen LogP contribution < -0.4 is 11.3 Å². The van der Waals surface area contributed by atoms with E-state index in [4.69, 9.17) is 5.73 Å². The molecule has 2 N–H and O–H groups in total. The Balaban J connectivity index is 2.27. The summed E-state index contributed by atoms with van der Waals surface area (Å²) in [6.07, 6.45) is 2.15. The number of pyridine rings is 1. The van der Waals surface area contributed by atoms with E-state index in [1.807, 2.05) is 24.5 Å². The van der Waals surface area contributed by atoms with Gasteiger partial charge in [0.15, 0.2) is 0 Å². The summed E-state index contributed by atoms with van der Waals surface area (Å²) in [5.74, 6) is 0. The fourth-order valence-corrected chi connectivity index (χ4v) is 2.97. The number of rotatable bonds is 3. The molecule has 1 aromatic carbocycles. The first-order chi connectivity index (χ1) is 10.3. The Labute approximate surface area is 131 Å². The molecular weight excluding hydrogens is 272 g/mol. The average molecular weight is 296 g/mol. The van der Waals surface area contributed by atoms with Crippen molar-refractivity contribution in [3.63, 3.8) is 0 Å². The highest BCUT2D eigenvalue weighted by atomic mass is 16.1. The van der Waals surface area contributed by atoms with E-state index in [9.17, 15) is 4.79 Å². The van der Waals surface area contributed by atoms with Crippen LogP contribution in [-0.2, 0) is 5.54 Å². The molecule has 3 rings (SSSR count). The zero-order valence-corrected chi connectivity index (χ0v) is 13.8. The number of benzene rings is 1. The number of aromatic nitrogens is 1. The maximum atomic E-state index is 13.0. The van der Waals surface area contributed by atoms with Gasteiger partial charge in [-0.3, -0.25) is 4.79 Å². The van der Waals surface area contributed by atoms with Gasteiger partial charge in [0, 0.05) is 22.7 Å². The van der Waals surface area contributed by atoms with Crippen LogP contribution in [0, 0.1) is 13.8 Å². The Morgan fingerprint density at radius 2 is 1.82 bits per heavy atom. The van der Waals surface area contributed by atoms with Gasteiger partial charge in [0.1, 0.15) is 0 Å². The summed E-state index contributed by atoms with van der Waals surface area (Å²) < 4.78 is 1.96. The maximum absolute atomic E-state index is 13.0. The summed E-state index contributed by atoms with van der Waals surface area (Å²) in [5.41, 5.74) is 10.9. The van der Waals surface area contributed by atoms with Crippen molar-refractivity contribution in [2.24, 2.45) is 5.73 Å². The lowest BCUT2D eigenvalue weighted by Gasteiger charge is -2.22. The molecule has 1 saturated carbocycles. The van der Waals surface area contributed by atoms with E-state index < -0.39 is 5.54 Å². The molecule has 0 bridgehead atoms. The molecule has 2 aromatic rings. The van der Waals surface area contributed by atoms with E-state index in [2.05, 4.69) is 38.1 Å². The normalized spacial score (nSPS) is 15.1. The van der Waals surface area contributed by atoms with Crippen molar-refractivity contribution in [1.82, 2.24) is 4.57 Å². The van der Waals surface area contributed by atoms with Gasteiger partial charge in [-0.2, -0.15) is 0 Å². The molecule has 1 aliphatic rings. The highest BCUT2D eigenvalue weighted by molar-refractivity contribution is 5.65. The van der Waals surface area contributed by atoms with E-state index >= 15 is 0 Å². The fraction of sp³-hybridized carbons (Fsp3) is 0.421. The first kappa shape index (κ1) is 15.0. The van der Waals surface area contributed by atoms with Crippen LogP contribution >= 0.6 is 0 Å². The van der Waals surface area contributed by atoms with Crippen molar-refractivity contribution in [2.75, 3.05) is 0 Å². The highest BCUT2D eigenvalue weighted by Crippen LogP contribution is 2.38. The van der Waals surface area contributed by atoms with E-state index in [1.165, 1.54) is 11.1 Å². The monoisotopic (exact) mass is 296 g/mol. The second-order valence-electron chi connectivity index (χ2n) is 7.08. The van der Waals surface area contributed by atoms with E-state index in [0.29, 0.717) is 11.6 Å². The Hall–Kier alpha value is -1.87. The molecule has 0 amide bonds. The largest absolute Gasteiger partial charge is 0.322 e. The summed E-state index contributed by atoms with van der Waals surface area (Å²) in [4.78, 5) is 13.0. The second-order valence-corrected chi connectivity index (χ2v) is 7.08. The van der Waals surface area contributed by atoms with Gasteiger partial charge in [0.25, 0.3) is 5.56 Å². The first-order valence-electron chi connectivity index (χ1n) is 7.91. The third-order valence-corrected chi connectivity index (χ3v) is 4.39. The zero-order valence-electron chi connectivity index (χ0n) is 13.8. The molecule has 3 heteroatoms. The van der Waals surface area contributed by atoms with Crippen LogP contribution in [0.2, 0.25) is 0 Å². The smallest absolute Gasteiger partial charge is 0.256 e. The summed E-state index contributed by atoms with van der Waals surface area (Å²) in [5, 5.41) is 0. The first-order valence-corrected chi connectivity index (χ1v) is 7.91. The lowest BCUT2D eigenvalue weighted by Crippen LogP contribution is -2.38. The van der Waals surface area contributed by atoms with Crippen molar-refractivity contribution in [3.8, 4) is 11.3 Å². The summed E-state index contributed by atoms with van der Waals surface area (Å²) >= 11 is 0. The molecule has 1 fully saturated rings. The minimum Gasteiger partial charge on any atom is -0.322 e. The van der Waals surface area contributed by atoms with Crippen molar-refractivity contribution in [1.29, 1.82) is 0 Å². The molecule has 1 heterocycles. The highest BCUT2D eigenvalue weighted by Gasteiger charge is 2.30. The van der Waals surface area contributed by atoms with Crippen LogP contribution in [0.15, 0.2) is 35.1 Å². The van der Waals surface area contributed by atoms with Gasteiger partial charge < -0.3 is 10.3 Å². The van der Waals surface area contributed by atoms with Gasteiger partial charge in [-0.15, -0.1) is 0 Å². The zero-order chi connectivity index (χ0) is 16.1. The van der Waals surface area contributed by atoms with Gasteiger partial charge in [0.05, 0.1) is 5.69 Å². The molecule has 0 spiro atoms. The third-order valence-electron chi connectivity index (χ3n) is 4.39. The molecule has 1 aliphatic carbocycles. The third kappa shape index (κ3) is 2.61. The number of aryl methyl sites for hydroxylation is 2. The average Bonchev–Trinajstić information content (AvgIpc) is 3.24. The van der Waals surface area contributed by atoms with Crippen LogP contribution in [0.4, 0.5) is 0 Å². The Morgan fingerprint density at radius 3 is 2.41 bits per heavy atom. The van der Waals surface area contributed by atoms with E-state index in [-0.39, 0.29) is 5.56 Å². The molecule has 0 atom stereocenters. The van der Waals surface area contributed by atoms with E-state index in [1.54, 1.807) is 0 Å². The predicted molar refractivity (Wildman–Crippen MR) is 91.1 cm³/mol. The predicted octanol–water partition coefficient (Wildman–Crippen LogP) is 3.66. The van der Waals surface area contributed by atoms with Crippen LogP contribution in [0.5, 0.6) is 0 Å². The van der Waals surface area contributed by atoms with Crippen LogP contribution in [0.1, 0.15) is 49.4 Å². The Kier molecular flexibility index (Phi) is 3.48. The minimum atomic E-state index is -0.617. The molecular formula is C19H24N2O. The number of hydrogen-bond donors (Lipinski definition) is 1. The summed E-state index contributed by atoms with van der Waals surface area (Å²) in [6, 6.07) is 10.7. The number of nitrogens with zero attached hydrogens (tertiary/aromatic N) is 1. The standard InChI is InChI=1S/C19H24N2O/c1-12-5-6-13(2)15(11-12)17-10-9-16(19(3,4)20)18(22)21(17)14-7-8-14/h5-6,9-11,14H,7-8,20H2,1-4H3. The molecule has 22 heavy (non-hydrogen) atoms. The quantitative estimate of drug-likeness (QED) is 0.939. The molecule has 116 valence electrons. The Bertz CT molecular complexity index is 777. The molecule has 3 nitrogen and oxygen atoms in total. The van der Waals surface area contributed by atoms with Gasteiger partial charge in [-0.05, 0) is 64.3 Å². The fourth-order valence-electron chi connectivity index (χ4n) is 2.97. The lowest BCUT2D eigenvalue weighted by molar-refractivity contribution is 0.535. The van der Waals surface area contributed by atoms with Crippen LogP contribution in [-0.4, -0.2) is 4.57 Å². The molecule has 0 aliphatic heterocycles. The number of nitrogens with two attached hydrogens (primary N) is 1. The van der Waals surface area contributed by atoms with Crippen molar-refractivity contribution < 1.29 is 0 Å². The molecule has 0 radical (unpaired) electrons. The Morgan fingerprint density at radius 1 is 1.14 bits per heavy atom. The summed E-state index contributed by atoms with van der Waals surface area (Å²) in [6.45, 7) is 7.95. The van der Waals surface area contributed by atoms with Gasteiger partial charge in [-0.25, -0.2) is 0 Å². The van der Waals surface area contributed by atoms with Gasteiger partial charge >= 0.3 is 0 Å². The molecule has 1 aromatic heterocycles. The summed E-state index contributed by atoms with van der Waals surface area (Å²) in [7, 11) is 0. The SMILES string of the molecule is Cc1ccc(C)c(-c2ccc(C(C)(C)N)c(=O)n2C2CC2)c1. The lowest BCUT2D eigenvalue weighted by atomic mass is 9.95. The minimum absolute atomic E-state index is 0.0633. The number of hydrogen-bond acceptors (Lipinski definition) is 2. The van der Waals surface area contributed by atoms with Crippen LogP contribution in [0.25, 0.3) is 11.3 Å².